The summed E-state index contributed by atoms with van der Waals surface area (Å²) >= 11 is 0. The van der Waals surface area contributed by atoms with Gasteiger partial charge in [-0.1, -0.05) is 24.3 Å². The maximum atomic E-state index is 13.0. The van der Waals surface area contributed by atoms with Crippen LogP contribution in [0.1, 0.15) is 37.8 Å². The average Bonchev–Trinajstić information content (AvgIpc) is 3.77. The second-order valence-corrected chi connectivity index (χ2v) is 13.2. The molecule has 0 saturated carbocycles. The largest absolute Gasteiger partial charge is 0.416 e. The Balaban J connectivity index is 0.000000167. The summed E-state index contributed by atoms with van der Waals surface area (Å²) in [4.78, 5) is 50.0. The third-order valence-electron chi connectivity index (χ3n) is 9.68. The highest BCUT2D eigenvalue weighted by atomic mass is 19.4. The van der Waals surface area contributed by atoms with Gasteiger partial charge < -0.3 is 20.4 Å². The molecule has 4 aliphatic rings. The van der Waals surface area contributed by atoms with Crippen LogP contribution in [0, 0.1) is 0 Å². The Morgan fingerprint density at radius 1 is 0.685 bits per heavy atom. The molecule has 4 amide bonds. The van der Waals surface area contributed by atoms with Crippen molar-refractivity contribution in [1.82, 2.24) is 30.6 Å². The van der Waals surface area contributed by atoms with Crippen LogP contribution in [0.4, 0.5) is 58.9 Å². The molecular formula is C36H36F6N10O2. The van der Waals surface area contributed by atoms with Gasteiger partial charge in [-0.25, -0.2) is 29.5 Å². The van der Waals surface area contributed by atoms with Crippen LogP contribution in [0.15, 0.2) is 60.9 Å². The first-order valence-electron chi connectivity index (χ1n) is 17.5. The molecule has 4 aromatic rings. The van der Waals surface area contributed by atoms with Crippen LogP contribution in [-0.4, -0.2) is 83.4 Å². The van der Waals surface area contributed by atoms with E-state index >= 15 is 0 Å². The summed E-state index contributed by atoms with van der Waals surface area (Å²) in [7, 11) is 0. The molecule has 4 aliphatic heterocycles. The molecule has 6 heterocycles. The minimum absolute atomic E-state index is 0.00619. The number of rotatable bonds is 4. The van der Waals surface area contributed by atoms with Crippen molar-refractivity contribution in [3.05, 3.63) is 72.1 Å². The molecule has 2 aromatic heterocycles. The van der Waals surface area contributed by atoms with Gasteiger partial charge in [0.25, 0.3) is 0 Å². The topological polar surface area (TPSA) is 123 Å². The number of anilines is 4. The zero-order valence-corrected chi connectivity index (χ0v) is 29.2. The molecule has 12 nitrogen and oxygen atoms in total. The van der Waals surface area contributed by atoms with Crippen molar-refractivity contribution >= 4 is 35.1 Å². The summed E-state index contributed by atoms with van der Waals surface area (Å²) in [5.41, 5.74) is 0.459. The second kappa shape index (κ2) is 14.3. The third-order valence-corrected chi connectivity index (χ3v) is 9.68. The molecule has 0 spiro atoms. The lowest BCUT2D eigenvalue weighted by Gasteiger charge is -2.35. The summed E-state index contributed by atoms with van der Waals surface area (Å²) in [5, 5.41) is 5.57. The standard InChI is InChI=1S/2C18H18F3N5O/c2*1-2-22-17(27)26-13-6-7-25(10-13)14-9-23-15(24-16(14)26)11-4-3-5-12(8-11)18(19,20)21/h2*3-5,8-9,13H,2,6-7,10H2,1H3,(H,22,27)/t2*13-/m00/s1. The molecule has 0 aliphatic carbocycles. The number of carbonyl (C=O) groups excluding carboxylic acids is 2. The second-order valence-electron chi connectivity index (χ2n) is 13.2. The van der Waals surface area contributed by atoms with Crippen molar-refractivity contribution in [2.45, 2.75) is 51.1 Å². The van der Waals surface area contributed by atoms with Gasteiger partial charge in [-0.2, -0.15) is 26.3 Å². The van der Waals surface area contributed by atoms with E-state index in [2.05, 4.69) is 40.4 Å². The first-order chi connectivity index (χ1) is 25.8. The van der Waals surface area contributed by atoms with Crippen LogP contribution >= 0.6 is 0 Å². The summed E-state index contributed by atoms with van der Waals surface area (Å²) in [6.07, 6.45) is -4.08. The van der Waals surface area contributed by atoms with Crippen molar-refractivity contribution < 1.29 is 35.9 Å². The Bertz CT molecular complexity index is 1920. The number of benzene rings is 2. The minimum Gasteiger partial charge on any atom is -0.365 e. The summed E-state index contributed by atoms with van der Waals surface area (Å²) < 4.78 is 78.1. The van der Waals surface area contributed by atoms with Crippen molar-refractivity contribution in [3.8, 4) is 22.8 Å². The van der Waals surface area contributed by atoms with Gasteiger partial charge in [0.1, 0.15) is 0 Å². The van der Waals surface area contributed by atoms with Gasteiger partial charge in [-0.05, 0) is 51.0 Å². The molecule has 54 heavy (non-hydrogen) atoms. The summed E-state index contributed by atoms with van der Waals surface area (Å²) in [5.74, 6) is 1.21. The Hall–Kier alpha value is -5.68. The molecule has 2 fully saturated rings. The van der Waals surface area contributed by atoms with Gasteiger partial charge in [-0.15, -0.1) is 0 Å². The fraction of sp³-hybridized carbons (Fsp3) is 0.389. The number of fused-ring (bicyclic) bond motifs is 8. The van der Waals surface area contributed by atoms with E-state index in [-0.39, 0.29) is 46.9 Å². The zero-order valence-electron chi connectivity index (χ0n) is 29.2. The smallest absolute Gasteiger partial charge is 0.365 e. The maximum absolute atomic E-state index is 13.0. The lowest BCUT2D eigenvalue weighted by atomic mass is 10.1. The maximum Gasteiger partial charge on any atom is 0.416 e. The fourth-order valence-corrected chi connectivity index (χ4v) is 7.17. The van der Waals surface area contributed by atoms with E-state index in [0.717, 1.165) is 61.6 Å². The SMILES string of the molecule is CCNC(=O)N1c2nc(-c3cccc(C(F)(F)F)c3)ncc2N2CC[C@H]1C2.CCNC(=O)N1c2nc(-c3cccc(C(F)(F)F)c3)ncc2N2CC[C@H]1C2. The number of halogens is 6. The van der Waals surface area contributed by atoms with Crippen LogP contribution in [0.5, 0.6) is 0 Å². The number of hydrogen-bond donors (Lipinski definition) is 2. The van der Waals surface area contributed by atoms with Gasteiger partial charge in [0.05, 0.1) is 47.0 Å². The Kier molecular flexibility index (Phi) is 9.70. The van der Waals surface area contributed by atoms with E-state index in [4.69, 9.17) is 0 Å². The Morgan fingerprint density at radius 2 is 1.09 bits per heavy atom. The van der Waals surface area contributed by atoms with E-state index in [9.17, 15) is 35.9 Å². The molecule has 2 N–H and O–H groups in total. The van der Waals surface area contributed by atoms with E-state index < -0.39 is 23.5 Å². The van der Waals surface area contributed by atoms with E-state index in [1.54, 1.807) is 22.2 Å². The molecule has 8 rings (SSSR count). The monoisotopic (exact) mass is 754 g/mol. The van der Waals surface area contributed by atoms with Crippen LogP contribution in [0.25, 0.3) is 22.8 Å². The fourth-order valence-electron chi connectivity index (χ4n) is 7.17. The van der Waals surface area contributed by atoms with Crippen molar-refractivity contribution in [2.24, 2.45) is 0 Å². The predicted molar refractivity (Wildman–Crippen MR) is 189 cm³/mol. The van der Waals surface area contributed by atoms with Crippen molar-refractivity contribution in [2.75, 3.05) is 58.9 Å². The number of amides is 4. The molecule has 2 aromatic carbocycles. The highest BCUT2D eigenvalue weighted by Crippen LogP contribution is 2.41. The number of nitrogens with one attached hydrogen (secondary N) is 2. The van der Waals surface area contributed by atoms with Crippen LogP contribution < -0.4 is 30.2 Å². The van der Waals surface area contributed by atoms with E-state index in [1.807, 2.05) is 13.8 Å². The first-order valence-corrected chi connectivity index (χ1v) is 17.5. The molecule has 4 bridgehead atoms. The average molecular weight is 755 g/mol. The van der Waals surface area contributed by atoms with Gasteiger partial charge in [0.2, 0.25) is 0 Å². The van der Waals surface area contributed by atoms with Crippen LogP contribution in [0.3, 0.4) is 0 Å². The van der Waals surface area contributed by atoms with Gasteiger partial charge in [0, 0.05) is 50.4 Å². The number of aromatic nitrogens is 4. The van der Waals surface area contributed by atoms with Crippen LogP contribution in [-0.2, 0) is 12.4 Å². The number of alkyl halides is 6. The molecule has 2 saturated heterocycles. The minimum atomic E-state index is -4.44. The highest BCUT2D eigenvalue weighted by Gasteiger charge is 2.42. The predicted octanol–water partition coefficient (Wildman–Crippen LogP) is 6.58. The van der Waals surface area contributed by atoms with Gasteiger partial charge in [-0.3, -0.25) is 9.80 Å². The number of urea groups is 2. The number of nitrogens with zero attached hydrogens (tertiary/aromatic N) is 8. The van der Waals surface area contributed by atoms with E-state index in [0.29, 0.717) is 37.8 Å². The summed E-state index contributed by atoms with van der Waals surface area (Å²) in [6.45, 7) is 7.61. The van der Waals surface area contributed by atoms with Crippen molar-refractivity contribution in [3.63, 3.8) is 0 Å². The van der Waals surface area contributed by atoms with Gasteiger partial charge >= 0.3 is 24.4 Å². The lowest BCUT2D eigenvalue weighted by Crippen LogP contribution is -2.50. The molecule has 284 valence electrons. The highest BCUT2D eigenvalue weighted by molar-refractivity contribution is 5.97. The molecule has 0 unspecified atom stereocenters. The zero-order chi connectivity index (χ0) is 38.4. The molecule has 0 radical (unpaired) electrons. The lowest BCUT2D eigenvalue weighted by molar-refractivity contribution is -0.138. The molecule has 18 heteroatoms. The normalized spacial score (nSPS) is 18.4. The molecular weight excluding hydrogens is 718 g/mol. The molecule has 2 atom stereocenters. The third kappa shape index (κ3) is 7.03. The quantitative estimate of drug-likeness (QED) is 0.224. The van der Waals surface area contributed by atoms with Crippen molar-refractivity contribution in [1.29, 1.82) is 0 Å². The summed E-state index contributed by atoms with van der Waals surface area (Å²) in [6, 6.07) is 9.27. The Morgan fingerprint density at radius 3 is 1.46 bits per heavy atom. The van der Waals surface area contributed by atoms with E-state index in [1.165, 1.54) is 24.3 Å². The number of hydrogen-bond acceptors (Lipinski definition) is 8. The Labute approximate surface area is 306 Å². The van der Waals surface area contributed by atoms with Gasteiger partial charge in [0.15, 0.2) is 23.3 Å². The number of carbonyl (C=O) groups is 2. The van der Waals surface area contributed by atoms with Crippen LogP contribution in [0.2, 0.25) is 0 Å². The first kappa shape index (κ1) is 36.7.